The molecule has 0 atom stereocenters. The van der Waals surface area contributed by atoms with Gasteiger partial charge in [0.05, 0.1) is 0 Å². The van der Waals surface area contributed by atoms with Crippen LogP contribution in [0, 0.1) is 0 Å². The van der Waals surface area contributed by atoms with Gasteiger partial charge >= 0.3 is 12.4 Å². The van der Waals surface area contributed by atoms with Crippen LogP contribution in [0.4, 0.5) is 0 Å². The normalized spacial score (nSPS) is 10.8. The number of esters is 1. The number of carbonyl (C=O) groups excluding carboxylic acids is 2. The summed E-state index contributed by atoms with van der Waals surface area (Å²) < 4.78 is 4.07. The van der Waals surface area contributed by atoms with Crippen molar-refractivity contribution in [2.24, 2.45) is 0 Å². The molecule has 0 rings (SSSR count). The summed E-state index contributed by atoms with van der Waals surface area (Å²) in [6.45, 7) is 3.64. The van der Waals surface area contributed by atoms with E-state index in [9.17, 15) is 9.59 Å². The molecule has 0 aliphatic carbocycles. The quantitative estimate of drug-likeness (QED) is 0.256. The van der Waals surface area contributed by atoms with Gasteiger partial charge in [-0.05, 0) is 13.3 Å². The van der Waals surface area contributed by atoms with Crippen LogP contribution in [-0.2, 0) is 14.3 Å². The van der Waals surface area contributed by atoms with Crippen LogP contribution in [0.2, 0.25) is 0 Å². The topological polar surface area (TPSA) is 43.4 Å². The Morgan fingerprint density at radius 3 is 2.60 bits per heavy atom. The van der Waals surface area contributed by atoms with Crippen molar-refractivity contribution >= 4 is 12.4 Å². The lowest BCUT2D eigenvalue weighted by molar-refractivity contribution is -0.148. The molecule has 0 fully saturated rings. The molecule has 0 bridgehead atoms. The zero-order valence-corrected chi connectivity index (χ0v) is 6.09. The van der Waals surface area contributed by atoms with Crippen LogP contribution in [0.25, 0.3) is 0 Å². The van der Waals surface area contributed by atoms with Crippen molar-refractivity contribution in [1.29, 1.82) is 0 Å². The summed E-state index contributed by atoms with van der Waals surface area (Å²) in [4.78, 5) is 20.3. The molecule has 0 unspecified atom stereocenters. The van der Waals surface area contributed by atoms with E-state index in [0.717, 1.165) is 6.42 Å². The zero-order chi connectivity index (χ0) is 7.98. The molecule has 10 heavy (non-hydrogen) atoms. The highest BCUT2D eigenvalue weighted by Crippen LogP contribution is 1.96. The third-order valence-electron chi connectivity index (χ3n) is 0.987. The number of allylic oxidation sites excluding steroid dienone is 1. The predicted molar refractivity (Wildman–Crippen MR) is 36.2 cm³/mol. The van der Waals surface area contributed by atoms with Crippen molar-refractivity contribution in [3.63, 3.8) is 0 Å². The summed E-state index contributed by atoms with van der Waals surface area (Å²) in [5, 5.41) is 0. The fraction of sp³-hybridized carbons (Fsp3) is 0.429. The SMILES string of the molecule is CCC=C(C)C(=O)OC=O. The summed E-state index contributed by atoms with van der Waals surface area (Å²) >= 11 is 0. The highest BCUT2D eigenvalue weighted by molar-refractivity contribution is 5.91. The molecule has 0 saturated carbocycles. The molecule has 3 heteroatoms. The average Bonchev–Trinajstić information content (AvgIpc) is 1.89. The van der Waals surface area contributed by atoms with Gasteiger partial charge in [-0.25, -0.2) is 4.79 Å². The van der Waals surface area contributed by atoms with E-state index in [0.29, 0.717) is 5.57 Å². The number of rotatable bonds is 3. The molecular weight excluding hydrogens is 132 g/mol. The van der Waals surface area contributed by atoms with Crippen LogP contribution < -0.4 is 0 Å². The second-order valence-electron chi connectivity index (χ2n) is 1.80. The fourth-order valence-electron chi connectivity index (χ4n) is 0.526. The van der Waals surface area contributed by atoms with E-state index in [-0.39, 0.29) is 6.47 Å². The molecule has 0 N–H and O–H groups in total. The summed E-state index contributed by atoms with van der Waals surface area (Å²) in [6, 6.07) is 0. The van der Waals surface area contributed by atoms with Crippen molar-refractivity contribution in [1.82, 2.24) is 0 Å². The molecular formula is C7H10O3. The van der Waals surface area contributed by atoms with Gasteiger partial charge in [0.1, 0.15) is 0 Å². The maximum Gasteiger partial charge on any atom is 0.340 e. The largest absolute Gasteiger partial charge is 0.392 e. The first-order chi connectivity index (χ1) is 4.72. The van der Waals surface area contributed by atoms with E-state index in [1.54, 1.807) is 13.0 Å². The van der Waals surface area contributed by atoms with Crippen molar-refractivity contribution in [2.45, 2.75) is 20.3 Å². The Balaban J connectivity index is 3.93. The Morgan fingerprint density at radius 2 is 2.20 bits per heavy atom. The van der Waals surface area contributed by atoms with Crippen molar-refractivity contribution in [3.05, 3.63) is 11.6 Å². The molecule has 56 valence electrons. The lowest BCUT2D eigenvalue weighted by Crippen LogP contribution is -2.03. The van der Waals surface area contributed by atoms with Gasteiger partial charge in [-0.3, -0.25) is 4.79 Å². The first-order valence-electron chi connectivity index (χ1n) is 3.03. The van der Waals surface area contributed by atoms with E-state index in [4.69, 9.17) is 0 Å². The van der Waals surface area contributed by atoms with Crippen LogP contribution in [0.15, 0.2) is 11.6 Å². The van der Waals surface area contributed by atoms with Crippen molar-refractivity contribution < 1.29 is 14.3 Å². The van der Waals surface area contributed by atoms with E-state index in [2.05, 4.69) is 4.74 Å². The van der Waals surface area contributed by atoms with Crippen LogP contribution in [-0.4, -0.2) is 12.4 Å². The van der Waals surface area contributed by atoms with E-state index >= 15 is 0 Å². The molecule has 0 heterocycles. The number of hydrogen-bond donors (Lipinski definition) is 0. The smallest absolute Gasteiger partial charge is 0.340 e. The Morgan fingerprint density at radius 1 is 1.60 bits per heavy atom. The van der Waals surface area contributed by atoms with E-state index < -0.39 is 5.97 Å². The van der Waals surface area contributed by atoms with Crippen LogP contribution in [0.5, 0.6) is 0 Å². The molecule has 0 radical (unpaired) electrons. The summed E-state index contributed by atoms with van der Waals surface area (Å²) in [5.41, 5.74) is 0.467. The minimum atomic E-state index is -0.572. The van der Waals surface area contributed by atoms with Gasteiger partial charge in [-0.1, -0.05) is 13.0 Å². The summed E-state index contributed by atoms with van der Waals surface area (Å²) in [5.74, 6) is -0.572. The van der Waals surface area contributed by atoms with Crippen molar-refractivity contribution in [3.8, 4) is 0 Å². The van der Waals surface area contributed by atoms with Gasteiger partial charge < -0.3 is 4.74 Å². The van der Waals surface area contributed by atoms with Gasteiger partial charge in [0, 0.05) is 5.57 Å². The Labute approximate surface area is 59.7 Å². The van der Waals surface area contributed by atoms with Gasteiger partial charge in [-0.2, -0.15) is 0 Å². The molecule has 0 aliphatic rings. The number of ether oxygens (including phenoxy) is 1. The third-order valence-corrected chi connectivity index (χ3v) is 0.987. The minimum absolute atomic E-state index is 0.134. The maximum absolute atomic E-state index is 10.6. The van der Waals surface area contributed by atoms with Gasteiger partial charge in [0.2, 0.25) is 0 Å². The third kappa shape index (κ3) is 3.02. The summed E-state index contributed by atoms with van der Waals surface area (Å²) in [6.07, 6.45) is 2.46. The molecule has 0 saturated heterocycles. The average molecular weight is 142 g/mol. The molecule has 0 aromatic carbocycles. The monoisotopic (exact) mass is 142 g/mol. The summed E-state index contributed by atoms with van der Waals surface area (Å²) in [7, 11) is 0. The van der Waals surface area contributed by atoms with Gasteiger partial charge in [0.25, 0.3) is 0 Å². The number of carbonyl (C=O) groups is 2. The second-order valence-corrected chi connectivity index (χ2v) is 1.80. The highest BCUT2D eigenvalue weighted by Gasteiger charge is 2.02. The molecule has 0 aromatic rings. The molecule has 3 nitrogen and oxygen atoms in total. The van der Waals surface area contributed by atoms with Crippen LogP contribution >= 0.6 is 0 Å². The Hall–Kier alpha value is -1.12. The predicted octanol–water partition coefficient (Wildman–Crippen LogP) is 1.04. The maximum atomic E-state index is 10.6. The molecule has 0 aliphatic heterocycles. The van der Waals surface area contributed by atoms with Gasteiger partial charge in [0.15, 0.2) is 0 Å². The second kappa shape index (κ2) is 4.73. The lowest BCUT2D eigenvalue weighted by atomic mass is 10.2. The lowest BCUT2D eigenvalue weighted by Gasteiger charge is -1.93. The molecule has 0 amide bonds. The first-order valence-corrected chi connectivity index (χ1v) is 3.03. The van der Waals surface area contributed by atoms with E-state index in [1.807, 2.05) is 6.92 Å². The first kappa shape index (κ1) is 8.88. The van der Waals surface area contributed by atoms with Crippen LogP contribution in [0.3, 0.4) is 0 Å². The Kier molecular flexibility index (Phi) is 4.20. The van der Waals surface area contributed by atoms with Gasteiger partial charge in [-0.15, -0.1) is 0 Å². The standard InChI is InChI=1S/C7H10O3/c1-3-4-6(2)7(9)10-5-8/h4-5H,3H2,1-2H3. The Bertz CT molecular complexity index is 158. The highest BCUT2D eigenvalue weighted by atomic mass is 16.6. The molecule has 0 aromatic heterocycles. The number of hydrogen-bond acceptors (Lipinski definition) is 3. The fourth-order valence-corrected chi connectivity index (χ4v) is 0.526. The van der Waals surface area contributed by atoms with Crippen LogP contribution in [0.1, 0.15) is 20.3 Å². The van der Waals surface area contributed by atoms with E-state index in [1.165, 1.54) is 0 Å². The van der Waals surface area contributed by atoms with Crippen molar-refractivity contribution in [2.75, 3.05) is 0 Å². The minimum Gasteiger partial charge on any atom is -0.392 e. The molecule has 0 spiro atoms. The zero-order valence-electron chi connectivity index (χ0n) is 6.09.